The van der Waals surface area contributed by atoms with Crippen LogP contribution in [0.4, 0.5) is 5.69 Å². The number of anilines is 1. The van der Waals surface area contributed by atoms with Gasteiger partial charge < -0.3 is 14.6 Å². The van der Waals surface area contributed by atoms with Gasteiger partial charge in [-0.15, -0.1) is 0 Å². The predicted octanol–water partition coefficient (Wildman–Crippen LogP) is 4.34. The lowest BCUT2D eigenvalue weighted by Crippen LogP contribution is -2.32. The van der Waals surface area contributed by atoms with Crippen molar-refractivity contribution in [3.05, 3.63) is 57.5 Å². The van der Waals surface area contributed by atoms with Gasteiger partial charge in [-0.3, -0.25) is 14.4 Å². The number of aromatic nitrogens is 1. The Morgan fingerprint density at radius 3 is 2.31 bits per heavy atom. The lowest BCUT2D eigenvalue weighted by molar-refractivity contribution is -0.131. The molecule has 1 amide bonds. The van der Waals surface area contributed by atoms with Crippen LogP contribution in [0.3, 0.4) is 0 Å². The lowest BCUT2D eigenvalue weighted by atomic mass is 10.0. The third-order valence-electron chi connectivity index (χ3n) is 4.71. The van der Waals surface area contributed by atoms with Gasteiger partial charge in [0.05, 0.1) is 0 Å². The summed E-state index contributed by atoms with van der Waals surface area (Å²) < 4.78 is 6.77. The molecule has 1 heterocycles. The summed E-state index contributed by atoms with van der Waals surface area (Å²) in [5.41, 5.74) is 2.52. The van der Waals surface area contributed by atoms with Gasteiger partial charge in [-0.25, -0.2) is 0 Å². The first kappa shape index (κ1) is 22.4. The fourth-order valence-electron chi connectivity index (χ4n) is 3.29. The number of rotatable bonds is 9. The molecular weight excluding hydrogens is 368 g/mol. The molecule has 6 heteroatoms. The average Bonchev–Trinajstić information content (AvgIpc) is 2.69. The maximum Gasteiger partial charge on any atom is 0.308 e. The molecule has 0 saturated heterocycles. The fraction of sp³-hybridized carbons (Fsp3) is 0.435. The number of pyridine rings is 1. The number of benzene rings is 1. The molecule has 2 aromatic rings. The SMILES string of the molecule is CCCCn1c(CCC)c(CC)cc(C(=O)Nc2ccc(OC(C)=O)cc2)c1=O. The highest BCUT2D eigenvalue weighted by molar-refractivity contribution is 6.04. The number of carbonyl (C=O) groups excluding carboxylic acids is 2. The highest BCUT2D eigenvalue weighted by Crippen LogP contribution is 2.18. The Labute approximate surface area is 171 Å². The van der Waals surface area contributed by atoms with Crippen LogP contribution in [0, 0.1) is 0 Å². The van der Waals surface area contributed by atoms with Gasteiger partial charge in [0.2, 0.25) is 0 Å². The molecule has 0 saturated carbocycles. The number of esters is 1. The molecule has 0 spiro atoms. The second-order valence-corrected chi connectivity index (χ2v) is 7.02. The van der Waals surface area contributed by atoms with Crippen molar-refractivity contribution in [2.75, 3.05) is 5.32 Å². The van der Waals surface area contributed by atoms with Gasteiger partial charge >= 0.3 is 5.97 Å². The van der Waals surface area contributed by atoms with Crippen molar-refractivity contribution in [2.45, 2.75) is 66.3 Å². The van der Waals surface area contributed by atoms with E-state index in [-0.39, 0.29) is 11.1 Å². The molecular formula is C23H30N2O4. The molecule has 0 aliphatic heterocycles. The minimum atomic E-state index is -0.432. The van der Waals surface area contributed by atoms with E-state index in [9.17, 15) is 14.4 Å². The first-order valence-corrected chi connectivity index (χ1v) is 10.3. The average molecular weight is 399 g/mol. The van der Waals surface area contributed by atoms with Crippen LogP contribution >= 0.6 is 0 Å². The van der Waals surface area contributed by atoms with Crippen LogP contribution in [0.15, 0.2) is 35.1 Å². The van der Waals surface area contributed by atoms with Gasteiger partial charge in [0.15, 0.2) is 0 Å². The van der Waals surface area contributed by atoms with Crippen molar-refractivity contribution in [3.8, 4) is 5.75 Å². The Bertz CT molecular complexity index is 914. The maximum atomic E-state index is 13.1. The number of amides is 1. The third-order valence-corrected chi connectivity index (χ3v) is 4.71. The molecule has 0 aliphatic rings. The summed E-state index contributed by atoms with van der Waals surface area (Å²) in [6, 6.07) is 8.20. The molecule has 0 aliphatic carbocycles. The summed E-state index contributed by atoms with van der Waals surface area (Å²) in [5, 5.41) is 2.77. The molecule has 1 aromatic carbocycles. The van der Waals surface area contributed by atoms with Crippen molar-refractivity contribution >= 4 is 17.6 Å². The number of hydrogen-bond donors (Lipinski definition) is 1. The van der Waals surface area contributed by atoms with Crippen molar-refractivity contribution in [2.24, 2.45) is 0 Å². The summed E-state index contributed by atoms with van der Waals surface area (Å²) in [5.74, 6) is -0.443. The minimum absolute atomic E-state index is 0.155. The largest absolute Gasteiger partial charge is 0.427 e. The number of hydrogen-bond acceptors (Lipinski definition) is 4. The van der Waals surface area contributed by atoms with Crippen LogP contribution in [-0.4, -0.2) is 16.4 Å². The van der Waals surface area contributed by atoms with Crippen molar-refractivity contribution < 1.29 is 14.3 Å². The summed E-state index contributed by atoms with van der Waals surface area (Å²) in [7, 11) is 0. The van der Waals surface area contributed by atoms with Gasteiger partial charge in [-0.1, -0.05) is 33.6 Å². The van der Waals surface area contributed by atoms with Crippen LogP contribution in [0.5, 0.6) is 5.75 Å². The van der Waals surface area contributed by atoms with Crippen LogP contribution in [0.2, 0.25) is 0 Å². The molecule has 2 rings (SSSR count). The van der Waals surface area contributed by atoms with Crippen molar-refractivity contribution in [1.82, 2.24) is 4.57 Å². The van der Waals surface area contributed by atoms with Crippen LogP contribution in [-0.2, 0) is 24.2 Å². The van der Waals surface area contributed by atoms with Crippen LogP contribution in [0.25, 0.3) is 0 Å². The van der Waals surface area contributed by atoms with Gasteiger partial charge in [0, 0.05) is 24.8 Å². The zero-order valence-corrected chi connectivity index (χ0v) is 17.7. The summed E-state index contributed by atoms with van der Waals surface area (Å²) in [6.45, 7) is 8.16. The van der Waals surface area contributed by atoms with Gasteiger partial charge in [0.1, 0.15) is 11.3 Å². The van der Waals surface area contributed by atoms with E-state index < -0.39 is 11.9 Å². The van der Waals surface area contributed by atoms with E-state index in [4.69, 9.17) is 4.74 Å². The van der Waals surface area contributed by atoms with E-state index >= 15 is 0 Å². The van der Waals surface area contributed by atoms with E-state index in [1.807, 2.05) is 6.92 Å². The van der Waals surface area contributed by atoms with Crippen LogP contribution in [0.1, 0.15) is 68.6 Å². The minimum Gasteiger partial charge on any atom is -0.427 e. The standard InChI is InChI=1S/C23H30N2O4/c1-5-8-14-25-21(9-6-2)17(7-3)15-20(23(25)28)22(27)24-18-10-12-19(13-11-18)29-16(4)26/h10-13,15H,5-9,14H2,1-4H3,(H,24,27). The molecule has 0 unspecified atom stereocenters. The fourth-order valence-corrected chi connectivity index (χ4v) is 3.29. The maximum absolute atomic E-state index is 13.1. The second-order valence-electron chi connectivity index (χ2n) is 7.02. The van der Waals surface area contributed by atoms with Crippen molar-refractivity contribution in [1.29, 1.82) is 0 Å². The first-order chi connectivity index (χ1) is 13.9. The van der Waals surface area contributed by atoms with Gasteiger partial charge in [0.25, 0.3) is 11.5 Å². The van der Waals surface area contributed by atoms with Crippen LogP contribution < -0.4 is 15.6 Å². The number of unbranched alkanes of at least 4 members (excludes halogenated alkanes) is 1. The van der Waals surface area contributed by atoms with Crippen molar-refractivity contribution in [3.63, 3.8) is 0 Å². The number of aryl methyl sites for hydroxylation is 1. The Morgan fingerprint density at radius 2 is 1.76 bits per heavy atom. The summed E-state index contributed by atoms with van der Waals surface area (Å²) >= 11 is 0. The monoisotopic (exact) mass is 398 g/mol. The molecule has 1 aromatic heterocycles. The zero-order chi connectivity index (χ0) is 21.4. The van der Waals surface area contributed by atoms with E-state index in [1.165, 1.54) is 6.92 Å². The predicted molar refractivity (Wildman–Crippen MR) is 115 cm³/mol. The summed E-state index contributed by atoms with van der Waals surface area (Å²) in [4.78, 5) is 37.0. The number of nitrogens with one attached hydrogen (secondary N) is 1. The Balaban J connectivity index is 2.35. The highest BCUT2D eigenvalue weighted by Gasteiger charge is 2.18. The number of carbonyl (C=O) groups is 2. The Kier molecular flexibility index (Phi) is 8.19. The number of ether oxygens (including phenoxy) is 1. The lowest BCUT2D eigenvalue weighted by Gasteiger charge is -2.18. The summed E-state index contributed by atoms with van der Waals surface area (Å²) in [6.07, 6.45) is 4.40. The molecule has 1 N–H and O–H groups in total. The number of nitrogens with zero attached hydrogens (tertiary/aromatic N) is 1. The van der Waals surface area contributed by atoms with E-state index in [2.05, 4.69) is 19.2 Å². The van der Waals surface area contributed by atoms with E-state index in [1.54, 1.807) is 34.9 Å². The molecule has 156 valence electrons. The first-order valence-electron chi connectivity index (χ1n) is 10.3. The van der Waals surface area contributed by atoms with Gasteiger partial charge in [-0.2, -0.15) is 0 Å². The molecule has 6 nitrogen and oxygen atoms in total. The van der Waals surface area contributed by atoms with Gasteiger partial charge in [-0.05, 0) is 55.2 Å². The van der Waals surface area contributed by atoms with E-state index in [0.717, 1.165) is 43.4 Å². The smallest absolute Gasteiger partial charge is 0.308 e. The topological polar surface area (TPSA) is 77.4 Å². The third kappa shape index (κ3) is 5.79. The molecule has 0 bridgehead atoms. The highest BCUT2D eigenvalue weighted by atomic mass is 16.5. The molecule has 0 atom stereocenters. The Morgan fingerprint density at radius 1 is 1.07 bits per heavy atom. The molecule has 0 fully saturated rings. The zero-order valence-electron chi connectivity index (χ0n) is 17.7. The second kappa shape index (κ2) is 10.6. The molecule has 0 radical (unpaired) electrons. The molecule has 29 heavy (non-hydrogen) atoms. The Hall–Kier alpha value is -2.89. The normalized spacial score (nSPS) is 10.6. The quantitative estimate of drug-likeness (QED) is 0.503. The van der Waals surface area contributed by atoms with E-state index in [0.29, 0.717) is 18.0 Å².